The molecule has 0 bridgehead atoms. The Bertz CT molecular complexity index is 1340. The van der Waals surface area contributed by atoms with E-state index in [0.717, 1.165) is 53.2 Å². The van der Waals surface area contributed by atoms with E-state index in [4.69, 9.17) is 4.74 Å². The summed E-state index contributed by atoms with van der Waals surface area (Å²) in [5.74, 6) is 1.22. The van der Waals surface area contributed by atoms with Gasteiger partial charge in [0.25, 0.3) is 5.91 Å². The number of hydrogen-bond acceptors (Lipinski definition) is 4. The molecular formula is C28H30N4O2. The van der Waals surface area contributed by atoms with E-state index in [1.54, 1.807) is 12.4 Å². The van der Waals surface area contributed by atoms with Crippen molar-refractivity contribution in [1.29, 1.82) is 0 Å². The number of carbonyl (C=O) groups is 1. The standard InChI is InChI=1S/C28H30N4O2/c1-19-9-4-6-12-22(19)26-24(25-27(31(26)3)30-15-14-29-25)28(33)32-16-8-11-21(17-32)18-34-23-13-7-5-10-20(23)2/h4-7,9-10,12-15,21H,8,11,16-18H2,1-3H3. The Hall–Kier alpha value is -3.67. The predicted octanol–water partition coefficient (Wildman–Crippen LogP) is 5.18. The normalized spacial score (nSPS) is 16.1. The number of aromatic nitrogens is 3. The third-order valence-electron chi connectivity index (χ3n) is 6.79. The Labute approximate surface area is 200 Å². The van der Waals surface area contributed by atoms with Crippen molar-refractivity contribution in [2.24, 2.45) is 13.0 Å². The molecule has 1 aliphatic heterocycles. The minimum atomic E-state index is 0.0185. The highest BCUT2D eigenvalue weighted by Crippen LogP contribution is 2.34. The lowest BCUT2D eigenvalue weighted by Gasteiger charge is -2.33. The van der Waals surface area contributed by atoms with E-state index in [-0.39, 0.29) is 5.91 Å². The van der Waals surface area contributed by atoms with Crippen molar-refractivity contribution >= 4 is 17.1 Å². The molecule has 0 radical (unpaired) electrons. The lowest BCUT2D eigenvalue weighted by atomic mass is 9.97. The molecule has 1 saturated heterocycles. The summed E-state index contributed by atoms with van der Waals surface area (Å²) >= 11 is 0. The lowest BCUT2D eigenvalue weighted by molar-refractivity contribution is 0.0635. The molecule has 0 N–H and O–H groups in total. The molecule has 1 fully saturated rings. The Morgan fingerprint density at radius 3 is 2.56 bits per heavy atom. The first kappa shape index (κ1) is 22.1. The minimum absolute atomic E-state index is 0.0185. The van der Waals surface area contributed by atoms with Gasteiger partial charge in [-0.15, -0.1) is 0 Å². The van der Waals surface area contributed by atoms with Gasteiger partial charge >= 0.3 is 0 Å². The van der Waals surface area contributed by atoms with Crippen LogP contribution in [0, 0.1) is 19.8 Å². The first-order valence-electron chi connectivity index (χ1n) is 11.9. The lowest BCUT2D eigenvalue weighted by Crippen LogP contribution is -2.41. The second kappa shape index (κ2) is 9.29. The largest absolute Gasteiger partial charge is 0.493 e. The monoisotopic (exact) mass is 454 g/mol. The number of aryl methyl sites for hydroxylation is 3. The quantitative estimate of drug-likeness (QED) is 0.417. The van der Waals surface area contributed by atoms with Gasteiger partial charge in [0.2, 0.25) is 0 Å². The van der Waals surface area contributed by atoms with Gasteiger partial charge in [-0.05, 0) is 43.9 Å². The third-order valence-corrected chi connectivity index (χ3v) is 6.79. The Kier molecular flexibility index (Phi) is 6.05. The molecule has 4 aromatic rings. The fourth-order valence-corrected chi connectivity index (χ4v) is 4.96. The smallest absolute Gasteiger partial charge is 0.258 e. The van der Waals surface area contributed by atoms with Gasteiger partial charge in [-0.3, -0.25) is 9.78 Å². The molecule has 1 unspecified atom stereocenters. The van der Waals surface area contributed by atoms with Crippen LogP contribution in [0.1, 0.15) is 34.3 Å². The number of ether oxygens (including phenoxy) is 1. The van der Waals surface area contributed by atoms with Gasteiger partial charge < -0.3 is 14.2 Å². The number of hydrogen-bond donors (Lipinski definition) is 0. The fraction of sp³-hybridized carbons (Fsp3) is 0.321. The van der Waals surface area contributed by atoms with Crippen molar-refractivity contribution in [2.75, 3.05) is 19.7 Å². The molecular weight excluding hydrogens is 424 g/mol. The number of likely N-dealkylation sites (tertiary alicyclic amines) is 1. The number of nitrogens with zero attached hydrogens (tertiary/aromatic N) is 4. The molecule has 34 heavy (non-hydrogen) atoms. The molecule has 0 aliphatic carbocycles. The fourth-order valence-electron chi connectivity index (χ4n) is 4.96. The summed E-state index contributed by atoms with van der Waals surface area (Å²) in [6, 6.07) is 16.2. The Morgan fingerprint density at radius 1 is 1.03 bits per heavy atom. The summed E-state index contributed by atoms with van der Waals surface area (Å²) < 4.78 is 8.13. The number of amides is 1. The topological polar surface area (TPSA) is 60.2 Å². The minimum Gasteiger partial charge on any atom is -0.493 e. The molecule has 0 spiro atoms. The molecule has 2 aromatic carbocycles. The first-order chi connectivity index (χ1) is 16.5. The summed E-state index contributed by atoms with van der Waals surface area (Å²) in [4.78, 5) is 25.1. The van der Waals surface area contributed by atoms with E-state index in [0.29, 0.717) is 30.1 Å². The van der Waals surface area contributed by atoms with Crippen LogP contribution in [0.15, 0.2) is 60.9 Å². The van der Waals surface area contributed by atoms with Crippen LogP contribution in [-0.2, 0) is 7.05 Å². The average molecular weight is 455 g/mol. The van der Waals surface area contributed by atoms with E-state index in [1.165, 1.54) is 0 Å². The summed E-state index contributed by atoms with van der Waals surface area (Å²) in [7, 11) is 1.96. The zero-order chi connectivity index (χ0) is 23.7. The van der Waals surface area contributed by atoms with Gasteiger partial charge in [0, 0.05) is 44.0 Å². The zero-order valence-corrected chi connectivity index (χ0v) is 20.0. The van der Waals surface area contributed by atoms with E-state index in [2.05, 4.69) is 42.0 Å². The number of piperidine rings is 1. The molecule has 0 saturated carbocycles. The van der Waals surface area contributed by atoms with E-state index in [1.807, 2.05) is 46.8 Å². The van der Waals surface area contributed by atoms with E-state index < -0.39 is 0 Å². The van der Waals surface area contributed by atoms with Gasteiger partial charge in [0.1, 0.15) is 11.3 Å². The number of fused-ring (bicyclic) bond motifs is 1. The molecule has 6 heteroatoms. The molecule has 3 heterocycles. The maximum absolute atomic E-state index is 14.0. The van der Waals surface area contributed by atoms with Crippen LogP contribution in [0.2, 0.25) is 0 Å². The van der Waals surface area contributed by atoms with Crippen LogP contribution in [0.25, 0.3) is 22.4 Å². The third kappa shape index (κ3) is 4.04. The summed E-state index contributed by atoms with van der Waals surface area (Å²) in [5, 5.41) is 0. The summed E-state index contributed by atoms with van der Waals surface area (Å²) in [5.41, 5.74) is 6.17. The Morgan fingerprint density at radius 2 is 1.76 bits per heavy atom. The van der Waals surface area contributed by atoms with E-state index >= 15 is 0 Å². The second-order valence-electron chi connectivity index (χ2n) is 9.16. The van der Waals surface area contributed by atoms with Crippen molar-refractivity contribution in [2.45, 2.75) is 26.7 Å². The van der Waals surface area contributed by atoms with Crippen molar-refractivity contribution in [3.05, 3.63) is 77.6 Å². The van der Waals surface area contributed by atoms with Gasteiger partial charge in [-0.25, -0.2) is 4.98 Å². The van der Waals surface area contributed by atoms with Crippen LogP contribution in [0.4, 0.5) is 0 Å². The number of carbonyl (C=O) groups excluding carboxylic acids is 1. The number of rotatable bonds is 5. The maximum atomic E-state index is 14.0. The molecule has 1 atom stereocenters. The Balaban J connectivity index is 1.46. The molecule has 5 rings (SSSR count). The van der Waals surface area contributed by atoms with Crippen LogP contribution in [0.3, 0.4) is 0 Å². The summed E-state index contributed by atoms with van der Waals surface area (Å²) in [6.07, 6.45) is 5.35. The average Bonchev–Trinajstić information content (AvgIpc) is 3.16. The maximum Gasteiger partial charge on any atom is 0.258 e. The molecule has 1 amide bonds. The second-order valence-corrected chi connectivity index (χ2v) is 9.16. The number of para-hydroxylation sites is 1. The first-order valence-corrected chi connectivity index (χ1v) is 11.9. The highest BCUT2D eigenvalue weighted by Gasteiger charge is 2.31. The van der Waals surface area contributed by atoms with Gasteiger partial charge in [-0.1, -0.05) is 42.5 Å². The molecule has 174 valence electrons. The molecule has 6 nitrogen and oxygen atoms in total. The highest BCUT2D eigenvalue weighted by atomic mass is 16.5. The zero-order valence-electron chi connectivity index (χ0n) is 20.0. The summed E-state index contributed by atoms with van der Waals surface area (Å²) in [6.45, 7) is 6.15. The molecule has 1 aliphatic rings. The van der Waals surface area contributed by atoms with Crippen molar-refractivity contribution < 1.29 is 9.53 Å². The van der Waals surface area contributed by atoms with Gasteiger partial charge in [0.05, 0.1) is 17.9 Å². The highest BCUT2D eigenvalue weighted by molar-refractivity contribution is 6.11. The van der Waals surface area contributed by atoms with Crippen molar-refractivity contribution in [3.63, 3.8) is 0 Å². The van der Waals surface area contributed by atoms with Crippen LogP contribution < -0.4 is 4.74 Å². The van der Waals surface area contributed by atoms with Gasteiger partial charge in [-0.2, -0.15) is 0 Å². The molecule has 2 aromatic heterocycles. The van der Waals surface area contributed by atoms with Gasteiger partial charge in [0.15, 0.2) is 5.65 Å². The van der Waals surface area contributed by atoms with Crippen LogP contribution >= 0.6 is 0 Å². The number of benzene rings is 2. The van der Waals surface area contributed by atoms with Crippen molar-refractivity contribution in [1.82, 2.24) is 19.4 Å². The van der Waals surface area contributed by atoms with E-state index in [9.17, 15) is 4.79 Å². The van der Waals surface area contributed by atoms with Crippen LogP contribution in [-0.4, -0.2) is 45.0 Å². The van der Waals surface area contributed by atoms with Crippen LogP contribution in [0.5, 0.6) is 5.75 Å². The predicted molar refractivity (Wildman–Crippen MR) is 134 cm³/mol. The van der Waals surface area contributed by atoms with Crippen molar-refractivity contribution in [3.8, 4) is 17.0 Å². The SMILES string of the molecule is Cc1ccccc1OCC1CCCN(C(=O)c2c(-c3ccccc3C)n(C)c3nccnc23)C1.